The maximum atomic E-state index is 13.3. The second-order valence-electron chi connectivity index (χ2n) is 6.89. The van der Waals surface area contributed by atoms with E-state index in [1.54, 1.807) is 7.05 Å². The minimum atomic E-state index is -1.82. The molecule has 1 aliphatic rings. The van der Waals surface area contributed by atoms with Gasteiger partial charge >= 0.3 is 0 Å². The van der Waals surface area contributed by atoms with Crippen LogP contribution in [0.3, 0.4) is 0 Å². The molecule has 1 unspecified atom stereocenters. The van der Waals surface area contributed by atoms with Crippen molar-refractivity contribution in [3.05, 3.63) is 40.9 Å². The van der Waals surface area contributed by atoms with Gasteiger partial charge in [0.05, 0.1) is 29.2 Å². The monoisotopic (exact) mass is 428 g/mol. The molecule has 7 nitrogen and oxygen atoms in total. The van der Waals surface area contributed by atoms with Gasteiger partial charge in [-0.2, -0.15) is 0 Å². The van der Waals surface area contributed by atoms with E-state index in [0.29, 0.717) is 18.2 Å². The fourth-order valence-corrected chi connectivity index (χ4v) is 4.03. The van der Waals surface area contributed by atoms with Crippen LogP contribution in [0.5, 0.6) is 5.75 Å². The molecule has 1 saturated heterocycles. The molecule has 0 spiro atoms. The summed E-state index contributed by atoms with van der Waals surface area (Å²) >= 11 is 3.95. The Bertz CT molecular complexity index is 877. The summed E-state index contributed by atoms with van der Waals surface area (Å²) in [6.07, 6.45) is 2.50. The number of carbonyl (C=O) groups excluding carboxylic acids is 1. The number of aryl methyl sites for hydroxylation is 1. The summed E-state index contributed by atoms with van der Waals surface area (Å²) < 4.78 is 32.7. The number of anilines is 1. The van der Waals surface area contributed by atoms with Crippen LogP contribution < -0.4 is 15.2 Å². The highest BCUT2D eigenvalue weighted by atomic mass is 35.5. The molecule has 2 atom stereocenters. The van der Waals surface area contributed by atoms with Crippen molar-refractivity contribution in [2.75, 3.05) is 32.1 Å². The lowest BCUT2D eigenvalue weighted by atomic mass is 10.1. The Morgan fingerprint density at radius 2 is 2.25 bits per heavy atom. The smallest absolute Gasteiger partial charge is 0.276 e. The largest absolute Gasteiger partial charge is 0.593 e. The van der Waals surface area contributed by atoms with E-state index in [9.17, 15) is 13.7 Å². The van der Waals surface area contributed by atoms with Crippen molar-refractivity contribution in [1.82, 2.24) is 9.47 Å². The molecule has 1 aliphatic heterocycles. The van der Waals surface area contributed by atoms with Crippen LogP contribution in [-0.4, -0.2) is 46.7 Å². The quantitative estimate of drug-likeness (QED) is 0.689. The number of nitrogens with two attached hydrogens (primary N) is 1. The van der Waals surface area contributed by atoms with E-state index in [0.717, 1.165) is 25.6 Å². The zero-order valence-corrected chi connectivity index (χ0v) is 17.1. The van der Waals surface area contributed by atoms with Gasteiger partial charge in [0.25, 0.3) is 5.91 Å². The van der Waals surface area contributed by atoms with Gasteiger partial charge in [-0.05, 0) is 38.2 Å². The lowest BCUT2D eigenvalue weighted by molar-refractivity contribution is 0.101. The molecule has 10 heteroatoms. The highest BCUT2D eigenvalue weighted by Crippen LogP contribution is 2.31. The highest BCUT2D eigenvalue weighted by molar-refractivity contribution is 7.89. The van der Waals surface area contributed by atoms with Crippen molar-refractivity contribution in [2.45, 2.75) is 11.3 Å². The van der Waals surface area contributed by atoms with Crippen molar-refractivity contribution < 1.29 is 18.5 Å². The van der Waals surface area contributed by atoms with E-state index in [-0.39, 0.29) is 21.4 Å². The average molecular weight is 429 g/mol. The van der Waals surface area contributed by atoms with Crippen LogP contribution >= 0.6 is 11.6 Å². The molecule has 28 heavy (non-hydrogen) atoms. The number of aromatic nitrogens is 1. The van der Waals surface area contributed by atoms with E-state index in [2.05, 4.69) is 10.2 Å². The molecule has 0 radical (unpaired) electrons. The summed E-state index contributed by atoms with van der Waals surface area (Å²) in [5.41, 5.74) is 0.511. The number of hydrogen-bond donors (Lipinski definition) is 2. The molecule has 0 aliphatic carbocycles. The van der Waals surface area contributed by atoms with Gasteiger partial charge in [0.1, 0.15) is 5.82 Å². The fourth-order valence-electron chi connectivity index (χ4n) is 3.25. The lowest BCUT2D eigenvalue weighted by Gasteiger charge is -2.14. The molecular weight excluding hydrogens is 407 g/mol. The second kappa shape index (κ2) is 8.71. The summed E-state index contributed by atoms with van der Waals surface area (Å²) in [7, 11) is 3.68. The maximum absolute atomic E-state index is 13.3. The standard InChI is InChI=1S/C18H22ClFN4O3S/c1-23-6-5-11(8-23)10-27-17-15(28(21)26)9-24(2)16(17)18(25)22-12-3-4-14(20)13(19)7-12/h3-4,7,9,11H,5-6,8,10,21H2,1-2H3,(H,22,25)/t11-,28?/m1/s1. The van der Waals surface area contributed by atoms with Crippen LogP contribution in [0.15, 0.2) is 29.3 Å². The number of nitrogens with zero attached hydrogens (tertiary/aromatic N) is 2. The third kappa shape index (κ3) is 4.61. The Balaban J connectivity index is 1.83. The number of rotatable bonds is 6. The van der Waals surface area contributed by atoms with Crippen LogP contribution in [0.2, 0.25) is 5.02 Å². The van der Waals surface area contributed by atoms with Crippen molar-refractivity contribution >= 4 is 34.6 Å². The first-order valence-corrected chi connectivity index (χ1v) is 10.3. The minimum Gasteiger partial charge on any atom is -0.593 e. The summed E-state index contributed by atoms with van der Waals surface area (Å²) in [5, 5.41) is 8.13. The first kappa shape index (κ1) is 20.9. The normalized spacial score (nSPS) is 18.3. The Labute approximate surface area is 170 Å². The molecule has 3 rings (SSSR count). The molecular formula is C18H22ClFN4O3S. The molecule has 3 N–H and O–H groups in total. The average Bonchev–Trinajstić information content (AvgIpc) is 3.19. The number of halogens is 2. The van der Waals surface area contributed by atoms with Crippen molar-refractivity contribution in [3.63, 3.8) is 0 Å². The third-order valence-corrected chi connectivity index (χ3v) is 5.68. The summed E-state index contributed by atoms with van der Waals surface area (Å²) in [6.45, 7) is 2.27. The summed E-state index contributed by atoms with van der Waals surface area (Å²) in [4.78, 5) is 15.3. The summed E-state index contributed by atoms with van der Waals surface area (Å²) in [6, 6.07) is 3.88. The minimum absolute atomic E-state index is 0.102. The Kier molecular flexibility index (Phi) is 6.51. The lowest BCUT2D eigenvalue weighted by Crippen LogP contribution is -2.21. The molecule has 1 aromatic heterocycles. The van der Waals surface area contributed by atoms with Crippen LogP contribution in [0.1, 0.15) is 16.9 Å². The Morgan fingerprint density at radius 1 is 1.50 bits per heavy atom. The number of amides is 1. The van der Waals surface area contributed by atoms with E-state index in [1.807, 2.05) is 7.05 Å². The predicted molar refractivity (Wildman–Crippen MR) is 106 cm³/mol. The topological polar surface area (TPSA) is 95.6 Å². The highest BCUT2D eigenvalue weighted by Gasteiger charge is 2.30. The molecule has 152 valence electrons. The van der Waals surface area contributed by atoms with Crippen molar-refractivity contribution in [3.8, 4) is 5.75 Å². The van der Waals surface area contributed by atoms with Crippen molar-refractivity contribution in [1.29, 1.82) is 0 Å². The van der Waals surface area contributed by atoms with Crippen molar-refractivity contribution in [2.24, 2.45) is 18.1 Å². The zero-order chi connectivity index (χ0) is 20.4. The molecule has 0 saturated carbocycles. The third-order valence-electron chi connectivity index (χ3n) is 4.66. The van der Waals surface area contributed by atoms with Crippen LogP contribution in [0.25, 0.3) is 0 Å². The number of carbonyl (C=O) groups is 1. The van der Waals surface area contributed by atoms with E-state index >= 15 is 0 Å². The number of nitrogens with one attached hydrogen (secondary N) is 1. The second-order valence-corrected chi connectivity index (χ2v) is 8.33. The van der Waals surface area contributed by atoms with Gasteiger partial charge in [0.2, 0.25) is 10.6 Å². The number of benzene rings is 1. The molecule has 0 bridgehead atoms. The summed E-state index contributed by atoms with van der Waals surface area (Å²) in [5.74, 6) is -0.565. The molecule has 2 aromatic rings. The first-order valence-electron chi connectivity index (χ1n) is 8.69. The van der Waals surface area contributed by atoms with Gasteiger partial charge in [-0.1, -0.05) is 11.6 Å². The molecule has 1 amide bonds. The van der Waals surface area contributed by atoms with Gasteiger partial charge < -0.3 is 24.1 Å². The zero-order valence-electron chi connectivity index (χ0n) is 15.6. The van der Waals surface area contributed by atoms with Gasteiger partial charge in [-0.3, -0.25) is 4.79 Å². The predicted octanol–water partition coefficient (Wildman–Crippen LogP) is 2.38. The number of ether oxygens (including phenoxy) is 1. The van der Waals surface area contributed by atoms with Crippen LogP contribution in [0.4, 0.5) is 10.1 Å². The van der Waals surface area contributed by atoms with Gasteiger partial charge in [-0.15, -0.1) is 5.14 Å². The van der Waals surface area contributed by atoms with E-state index in [4.69, 9.17) is 21.5 Å². The van der Waals surface area contributed by atoms with E-state index in [1.165, 1.54) is 22.9 Å². The van der Waals surface area contributed by atoms with Gasteiger partial charge in [0, 0.05) is 25.2 Å². The number of likely N-dealkylation sites (tertiary alicyclic amines) is 1. The number of hydrogen-bond acceptors (Lipinski definition) is 5. The van der Waals surface area contributed by atoms with Crippen LogP contribution in [-0.2, 0) is 18.4 Å². The fraction of sp³-hybridized carbons (Fsp3) is 0.389. The Hall–Kier alpha value is -1.78. The van der Waals surface area contributed by atoms with Gasteiger partial charge in [0.15, 0.2) is 5.69 Å². The SMILES string of the molecule is CN1CC[C@@H](COc2c([S+](N)[O-])cn(C)c2C(=O)Nc2ccc(F)c(Cl)c2)C1. The molecule has 2 heterocycles. The Morgan fingerprint density at radius 3 is 2.86 bits per heavy atom. The molecule has 1 aromatic carbocycles. The van der Waals surface area contributed by atoms with Gasteiger partial charge in [-0.25, -0.2) is 4.39 Å². The van der Waals surface area contributed by atoms with Crippen LogP contribution in [0, 0.1) is 11.7 Å². The van der Waals surface area contributed by atoms with E-state index < -0.39 is 23.1 Å². The first-order chi connectivity index (χ1) is 13.3. The maximum Gasteiger partial charge on any atom is 0.276 e. The molecule has 1 fully saturated rings.